The molecule has 4 nitrogen and oxygen atoms in total. The van der Waals surface area contributed by atoms with Gasteiger partial charge in [-0.15, -0.1) is 0 Å². The van der Waals surface area contributed by atoms with Crippen molar-refractivity contribution in [1.82, 2.24) is 10.6 Å². The standard InChI is InChI=1S/C20H32N2O2/c1-20(2,3)24-19(23)22-13-7-10-18(16-8-5-4-6-9-16)17-11-14-21-15-12-17/h4-6,8-9,17-18,21H,7,10-15H2,1-3H3,(H,22,23). The molecule has 1 heterocycles. The molecule has 1 aromatic carbocycles. The van der Waals surface area contributed by atoms with Crippen molar-refractivity contribution in [2.75, 3.05) is 19.6 Å². The molecular formula is C20H32N2O2. The van der Waals surface area contributed by atoms with Crippen molar-refractivity contribution in [1.29, 1.82) is 0 Å². The first-order chi connectivity index (χ1) is 11.5. The Kier molecular flexibility index (Phi) is 7.10. The number of carbonyl (C=O) groups is 1. The van der Waals surface area contributed by atoms with Crippen molar-refractivity contribution >= 4 is 6.09 Å². The quantitative estimate of drug-likeness (QED) is 0.772. The van der Waals surface area contributed by atoms with E-state index in [9.17, 15) is 4.79 Å². The summed E-state index contributed by atoms with van der Waals surface area (Å²) < 4.78 is 5.29. The van der Waals surface area contributed by atoms with Crippen LogP contribution in [0.2, 0.25) is 0 Å². The van der Waals surface area contributed by atoms with Gasteiger partial charge in [0.05, 0.1) is 0 Å². The number of amides is 1. The van der Waals surface area contributed by atoms with E-state index in [1.165, 1.54) is 18.4 Å². The van der Waals surface area contributed by atoms with Crippen LogP contribution in [0.5, 0.6) is 0 Å². The van der Waals surface area contributed by atoms with E-state index < -0.39 is 5.60 Å². The molecule has 0 saturated carbocycles. The third kappa shape index (κ3) is 6.52. The lowest BCUT2D eigenvalue weighted by Gasteiger charge is -2.31. The van der Waals surface area contributed by atoms with Gasteiger partial charge >= 0.3 is 6.09 Å². The molecule has 1 amide bonds. The summed E-state index contributed by atoms with van der Waals surface area (Å²) in [5.41, 5.74) is 0.993. The van der Waals surface area contributed by atoms with E-state index in [4.69, 9.17) is 4.74 Å². The Bertz CT molecular complexity index is 490. The number of hydrogen-bond acceptors (Lipinski definition) is 3. The molecule has 0 spiro atoms. The topological polar surface area (TPSA) is 50.4 Å². The third-order valence-electron chi connectivity index (χ3n) is 4.54. The van der Waals surface area contributed by atoms with Crippen molar-refractivity contribution in [2.24, 2.45) is 5.92 Å². The van der Waals surface area contributed by atoms with Crippen LogP contribution in [0.4, 0.5) is 4.79 Å². The van der Waals surface area contributed by atoms with Gasteiger partial charge in [0.1, 0.15) is 5.60 Å². The maximum atomic E-state index is 11.7. The van der Waals surface area contributed by atoms with Crippen molar-refractivity contribution in [3.8, 4) is 0 Å². The SMILES string of the molecule is CC(C)(C)OC(=O)NCCCC(c1ccccc1)C1CCNCC1. The van der Waals surface area contributed by atoms with Crippen LogP contribution < -0.4 is 10.6 Å². The summed E-state index contributed by atoms with van der Waals surface area (Å²) in [6, 6.07) is 10.8. The predicted molar refractivity (Wildman–Crippen MR) is 98.2 cm³/mol. The fourth-order valence-electron chi connectivity index (χ4n) is 3.45. The minimum atomic E-state index is -0.439. The minimum Gasteiger partial charge on any atom is -0.444 e. The van der Waals surface area contributed by atoms with Crippen molar-refractivity contribution < 1.29 is 9.53 Å². The van der Waals surface area contributed by atoms with Crippen molar-refractivity contribution in [3.63, 3.8) is 0 Å². The molecule has 134 valence electrons. The molecule has 2 rings (SSSR count). The van der Waals surface area contributed by atoms with Crippen LogP contribution in [0.1, 0.15) is 57.9 Å². The lowest BCUT2D eigenvalue weighted by Crippen LogP contribution is -2.33. The molecule has 1 unspecified atom stereocenters. The van der Waals surface area contributed by atoms with Crippen LogP contribution in [-0.2, 0) is 4.74 Å². The van der Waals surface area contributed by atoms with Gasteiger partial charge in [-0.3, -0.25) is 0 Å². The highest BCUT2D eigenvalue weighted by Gasteiger charge is 2.24. The lowest BCUT2D eigenvalue weighted by molar-refractivity contribution is 0.0526. The highest BCUT2D eigenvalue weighted by molar-refractivity contribution is 5.67. The van der Waals surface area contributed by atoms with Crippen LogP contribution in [-0.4, -0.2) is 31.3 Å². The number of alkyl carbamates (subject to hydrolysis) is 1. The third-order valence-corrected chi connectivity index (χ3v) is 4.54. The van der Waals surface area contributed by atoms with Gasteiger partial charge in [-0.2, -0.15) is 0 Å². The van der Waals surface area contributed by atoms with Crippen LogP contribution in [0, 0.1) is 5.92 Å². The van der Waals surface area contributed by atoms with E-state index in [1.807, 2.05) is 20.8 Å². The zero-order valence-corrected chi connectivity index (χ0v) is 15.3. The molecule has 0 radical (unpaired) electrons. The Labute approximate surface area is 146 Å². The first kappa shape index (κ1) is 18.8. The number of rotatable bonds is 6. The highest BCUT2D eigenvalue weighted by atomic mass is 16.6. The molecular weight excluding hydrogens is 300 g/mol. The maximum absolute atomic E-state index is 11.7. The number of benzene rings is 1. The molecule has 1 saturated heterocycles. The fourth-order valence-corrected chi connectivity index (χ4v) is 3.45. The van der Waals surface area contributed by atoms with Crippen LogP contribution in [0.3, 0.4) is 0 Å². The molecule has 4 heteroatoms. The number of nitrogens with one attached hydrogen (secondary N) is 2. The molecule has 0 aliphatic carbocycles. The first-order valence-electron chi connectivity index (χ1n) is 9.18. The predicted octanol–water partition coefficient (Wildman–Crippen LogP) is 4.07. The maximum Gasteiger partial charge on any atom is 0.407 e. The summed E-state index contributed by atoms with van der Waals surface area (Å²) in [5, 5.41) is 6.33. The van der Waals surface area contributed by atoms with E-state index in [0.29, 0.717) is 12.5 Å². The van der Waals surface area contributed by atoms with Gasteiger partial charge in [-0.25, -0.2) is 4.79 Å². The van der Waals surface area contributed by atoms with Gasteiger partial charge in [0, 0.05) is 6.54 Å². The fraction of sp³-hybridized carbons (Fsp3) is 0.650. The van der Waals surface area contributed by atoms with Crippen LogP contribution in [0.15, 0.2) is 30.3 Å². The summed E-state index contributed by atoms with van der Waals surface area (Å²) in [5.74, 6) is 1.31. The highest BCUT2D eigenvalue weighted by Crippen LogP contribution is 2.34. The van der Waals surface area contributed by atoms with Crippen molar-refractivity contribution in [3.05, 3.63) is 35.9 Å². The van der Waals surface area contributed by atoms with Crippen molar-refractivity contribution in [2.45, 2.75) is 58.0 Å². The second-order valence-corrected chi connectivity index (χ2v) is 7.68. The molecule has 2 N–H and O–H groups in total. The van der Waals surface area contributed by atoms with E-state index in [0.717, 1.165) is 31.8 Å². The summed E-state index contributed by atoms with van der Waals surface area (Å²) in [6.07, 6.45) is 4.23. The largest absolute Gasteiger partial charge is 0.444 e. The van der Waals surface area contributed by atoms with Gasteiger partial charge < -0.3 is 15.4 Å². The minimum absolute atomic E-state index is 0.319. The van der Waals surface area contributed by atoms with Crippen LogP contribution >= 0.6 is 0 Å². The molecule has 24 heavy (non-hydrogen) atoms. The van der Waals surface area contributed by atoms with E-state index in [-0.39, 0.29) is 6.09 Å². The zero-order chi connectivity index (χ0) is 17.4. The summed E-state index contributed by atoms with van der Waals surface area (Å²) in [4.78, 5) is 11.7. The second-order valence-electron chi connectivity index (χ2n) is 7.68. The average Bonchev–Trinajstić information content (AvgIpc) is 2.55. The van der Waals surface area contributed by atoms with Gasteiger partial charge in [-0.1, -0.05) is 30.3 Å². The Morgan fingerprint density at radius 1 is 1.25 bits per heavy atom. The molecule has 1 aromatic rings. The van der Waals surface area contributed by atoms with Gasteiger partial charge in [0.2, 0.25) is 0 Å². The zero-order valence-electron chi connectivity index (χ0n) is 15.3. The number of hydrogen-bond donors (Lipinski definition) is 2. The Morgan fingerprint density at radius 3 is 2.54 bits per heavy atom. The van der Waals surface area contributed by atoms with E-state index in [1.54, 1.807) is 0 Å². The number of ether oxygens (including phenoxy) is 1. The summed E-state index contributed by atoms with van der Waals surface area (Å²) in [7, 11) is 0. The Morgan fingerprint density at radius 2 is 1.92 bits per heavy atom. The number of piperidine rings is 1. The molecule has 1 aliphatic heterocycles. The lowest BCUT2D eigenvalue weighted by atomic mass is 9.78. The molecule has 0 aromatic heterocycles. The smallest absolute Gasteiger partial charge is 0.407 e. The monoisotopic (exact) mass is 332 g/mol. The normalized spacial score (nSPS) is 17.3. The first-order valence-corrected chi connectivity index (χ1v) is 9.18. The molecule has 1 aliphatic rings. The Hall–Kier alpha value is -1.55. The van der Waals surface area contributed by atoms with Gasteiger partial charge in [0.15, 0.2) is 0 Å². The van der Waals surface area contributed by atoms with Gasteiger partial charge in [-0.05, 0) is 76.9 Å². The van der Waals surface area contributed by atoms with E-state index in [2.05, 4.69) is 41.0 Å². The number of carbonyl (C=O) groups excluding carboxylic acids is 1. The summed E-state index contributed by atoms with van der Waals surface area (Å²) >= 11 is 0. The van der Waals surface area contributed by atoms with E-state index >= 15 is 0 Å². The van der Waals surface area contributed by atoms with Gasteiger partial charge in [0.25, 0.3) is 0 Å². The Balaban J connectivity index is 1.84. The average molecular weight is 332 g/mol. The molecule has 0 bridgehead atoms. The second kappa shape index (κ2) is 9.07. The van der Waals surface area contributed by atoms with Crippen LogP contribution in [0.25, 0.3) is 0 Å². The molecule has 1 atom stereocenters. The summed E-state index contributed by atoms with van der Waals surface area (Å²) in [6.45, 7) is 8.55. The molecule has 1 fully saturated rings.